The molecule has 0 radical (unpaired) electrons. The maximum absolute atomic E-state index is 13.7. The average Bonchev–Trinajstić information content (AvgIpc) is 3.20. The molecule has 9 heteroatoms. The Balaban J connectivity index is 1.58. The van der Waals surface area contributed by atoms with Crippen molar-refractivity contribution in [2.75, 3.05) is 5.32 Å². The van der Waals surface area contributed by atoms with Gasteiger partial charge in [0.05, 0.1) is 22.1 Å². The molecule has 0 saturated carbocycles. The summed E-state index contributed by atoms with van der Waals surface area (Å²) >= 11 is 7.17. The first-order chi connectivity index (χ1) is 11.1. The van der Waals surface area contributed by atoms with E-state index in [1.807, 2.05) is 17.5 Å². The molecular weight excluding hydrogens is 341 g/mol. The van der Waals surface area contributed by atoms with Crippen molar-refractivity contribution in [3.63, 3.8) is 0 Å². The van der Waals surface area contributed by atoms with Gasteiger partial charge in [0.1, 0.15) is 5.82 Å². The number of aromatic amines is 1. The van der Waals surface area contributed by atoms with E-state index in [1.54, 1.807) is 6.07 Å². The number of thiophene rings is 1. The minimum atomic E-state index is -0.677. The van der Waals surface area contributed by atoms with Crippen molar-refractivity contribution in [1.29, 1.82) is 0 Å². The topological polar surface area (TPSA) is 82.7 Å². The minimum absolute atomic E-state index is 0.00634. The molecule has 3 aromatic rings. The zero-order chi connectivity index (χ0) is 16.2. The Morgan fingerprint density at radius 1 is 1.35 bits per heavy atom. The van der Waals surface area contributed by atoms with Gasteiger partial charge in [0.2, 0.25) is 0 Å². The molecule has 23 heavy (non-hydrogen) atoms. The highest BCUT2D eigenvalue weighted by atomic mass is 35.5. The van der Waals surface area contributed by atoms with Gasteiger partial charge >= 0.3 is 6.03 Å². The number of amides is 2. The van der Waals surface area contributed by atoms with E-state index < -0.39 is 11.8 Å². The lowest BCUT2D eigenvalue weighted by Gasteiger charge is -2.07. The summed E-state index contributed by atoms with van der Waals surface area (Å²) in [5.74, 6) is 0.386. The number of hydrogen-bond donors (Lipinski definition) is 3. The molecule has 0 aliphatic carbocycles. The Morgan fingerprint density at radius 3 is 3.00 bits per heavy atom. The van der Waals surface area contributed by atoms with Crippen LogP contribution in [0.3, 0.4) is 0 Å². The number of carbonyl (C=O) groups excluding carboxylic acids is 1. The van der Waals surface area contributed by atoms with E-state index in [4.69, 9.17) is 11.6 Å². The fourth-order valence-corrected chi connectivity index (χ4v) is 2.65. The molecule has 0 bridgehead atoms. The van der Waals surface area contributed by atoms with E-state index in [-0.39, 0.29) is 17.3 Å². The van der Waals surface area contributed by atoms with Gasteiger partial charge in [0.15, 0.2) is 11.6 Å². The van der Waals surface area contributed by atoms with Crippen LogP contribution in [-0.4, -0.2) is 21.2 Å². The van der Waals surface area contributed by atoms with E-state index in [2.05, 4.69) is 25.8 Å². The second-order valence-electron chi connectivity index (χ2n) is 4.49. The molecule has 2 amide bonds. The number of rotatable bonds is 4. The predicted molar refractivity (Wildman–Crippen MR) is 87.0 cm³/mol. The lowest BCUT2D eigenvalue weighted by atomic mass is 10.3. The summed E-state index contributed by atoms with van der Waals surface area (Å²) < 4.78 is 13.7. The Hall–Kier alpha value is -2.45. The Labute approximate surface area is 139 Å². The van der Waals surface area contributed by atoms with Gasteiger partial charge in [-0.1, -0.05) is 23.7 Å². The van der Waals surface area contributed by atoms with E-state index in [0.717, 1.165) is 4.88 Å². The second-order valence-corrected chi connectivity index (χ2v) is 5.85. The summed E-state index contributed by atoms with van der Waals surface area (Å²) in [6.45, 7) is 0.131. The van der Waals surface area contributed by atoms with E-state index in [1.165, 1.54) is 23.5 Å². The third-order valence-corrected chi connectivity index (χ3v) is 4.05. The highest BCUT2D eigenvalue weighted by Gasteiger charge is 2.11. The van der Waals surface area contributed by atoms with Crippen molar-refractivity contribution in [1.82, 2.24) is 20.5 Å². The van der Waals surface area contributed by atoms with Gasteiger partial charge in [-0.05, 0) is 23.6 Å². The molecule has 3 N–H and O–H groups in total. The fourth-order valence-electron chi connectivity index (χ4n) is 1.82. The van der Waals surface area contributed by atoms with Crippen LogP contribution in [0, 0.1) is 5.82 Å². The second kappa shape index (κ2) is 6.76. The molecule has 0 atom stereocenters. The molecule has 0 fully saturated rings. The number of nitrogens with zero attached hydrogens (tertiary/aromatic N) is 2. The smallest absolute Gasteiger partial charge is 0.319 e. The normalized spacial score (nSPS) is 10.5. The van der Waals surface area contributed by atoms with Crippen LogP contribution in [0.1, 0.15) is 5.82 Å². The first-order valence-corrected chi connectivity index (χ1v) is 7.83. The quantitative estimate of drug-likeness (QED) is 0.671. The van der Waals surface area contributed by atoms with Crippen molar-refractivity contribution >= 4 is 34.7 Å². The minimum Gasteiger partial charge on any atom is -0.331 e. The Bertz CT molecular complexity index is 820. The van der Waals surface area contributed by atoms with Crippen molar-refractivity contribution in [3.05, 3.63) is 52.4 Å². The summed E-state index contributed by atoms with van der Waals surface area (Å²) in [6.07, 6.45) is 0. The van der Waals surface area contributed by atoms with Crippen molar-refractivity contribution in [3.8, 4) is 10.7 Å². The van der Waals surface area contributed by atoms with Gasteiger partial charge in [-0.3, -0.25) is 5.10 Å². The predicted octanol–water partition coefficient (Wildman–Crippen LogP) is 3.65. The summed E-state index contributed by atoms with van der Waals surface area (Å²) in [5, 5.41) is 13.6. The first kappa shape index (κ1) is 15.4. The van der Waals surface area contributed by atoms with Crippen molar-refractivity contribution < 1.29 is 9.18 Å². The van der Waals surface area contributed by atoms with Gasteiger partial charge in [0, 0.05) is 0 Å². The molecule has 2 aromatic heterocycles. The van der Waals surface area contributed by atoms with Crippen LogP contribution in [0.5, 0.6) is 0 Å². The van der Waals surface area contributed by atoms with Crippen LogP contribution in [0.25, 0.3) is 10.7 Å². The molecule has 6 nitrogen and oxygen atoms in total. The summed E-state index contributed by atoms with van der Waals surface area (Å²) in [7, 11) is 0. The van der Waals surface area contributed by atoms with Crippen LogP contribution in [0.4, 0.5) is 14.9 Å². The number of anilines is 1. The molecule has 0 aliphatic heterocycles. The molecule has 1 aromatic carbocycles. The van der Waals surface area contributed by atoms with Crippen LogP contribution in [0.2, 0.25) is 5.02 Å². The zero-order valence-electron chi connectivity index (χ0n) is 11.6. The maximum atomic E-state index is 13.7. The van der Waals surface area contributed by atoms with Gasteiger partial charge in [-0.15, -0.1) is 11.3 Å². The number of urea groups is 1. The van der Waals surface area contributed by atoms with Gasteiger partial charge < -0.3 is 10.6 Å². The number of hydrogen-bond acceptors (Lipinski definition) is 4. The van der Waals surface area contributed by atoms with Crippen LogP contribution < -0.4 is 10.6 Å². The molecule has 118 valence electrons. The molecule has 0 unspecified atom stereocenters. The number of H-pyrrole nitrogens is 1. The van der Waals surface area contributed by atoms with Gasteiger partial charge in [-0.2, -0.15) is 5.10 Å². The summed E-state index contributed by atoms with van der Waals surface area (Å²) in [5.41, 5.74) is 0.00634. The van der Waals surface area contributed by atoms with Crippen molar-refractivity contribution in [2.24, 2.45) is 0 Å². The van der Waals surface area contributed by atoms with Gasteiger partial charge in [0.25, 0.3) is 0 Å². The van der Waals surface area contributed by atoms with Crippen LogP contribution in [-0.2, 0) is 6.54 Å². The third-order valence-electron chi connectivity index (χ3n) is 2.89. The zero-order valence-corrected chi connectivity index (χ0v) is 13.2. The lowest BCUT2D eigenvalue weighted by molar-refractivity contribution is 0.251. The maximum Gasteiger partial charge on any atom is 0.319 e. The highest BCUT2D eigenvalue weighted by Crippen LogP contribution is 2.22. The van der Waals surface area contributed by atoms with E-state index in [0.29, 0.717) is 11.6 Å². The first-order valence-electron chi connectivity index (χ1n) is 6.57. The largest absolute Gasteiger partial charge is 0.331 e. The summed E-state index contributed by atoms with van der Waals surface area (Å²) in [4.78, 5) is 17.0. The fraction of sp³-hybridized carbons (Fsp3) is 0.0714. The van der Waals surface area contributed by atoms with Crippen molar-refractivity contribution in [2.45, 2.75) is 6.54 Å². The third kappa shape index (κ3) is 3.66. The highest BCUT2D eigenvalue weighted by molar-refractivity contribution is 7.13. The molecule has 0 spiro atoms. The standard InChI is InChI=1S/C14H11ClFN5OS/c15-8-3-1-4-9(12(8)16)18-14(22)17-7-11-19-13(21-20-11)10-5-2-6-23-10/h1-6H,7H2,(H2,17,18,22)(H,19,20,21). The molecule has 2 heterocycles. The lowest BCUT2D eigenvalue weighted by Crippen LogP contribution is -2.29. The molecule has 0 aliphatic rings. The van der Waals surface area contributed by atoms with Gasteiger partial charge in [-0.25, -0.2) is 14.2 Å². The molecule has 3 rings (SSSR count). The molecular formula is C14H11ClFN5OS. The van der Waals surface area contributed by atoms with E-state index in [9.17, 15) is 9.18 Å². The Morgan fingerprint density at radius 2 is 2.22 bits per heavy atom. The SMILES string of the molecule is O=C(NCc1nc(-c2cccs2)n[nH]1)Nc1cccc(Cl)c1F. The Kier molecular flexibility index (Phi) is 4.54. The monoisotopic (exact) mass is 351 g/mol. The number of benzene rings is 1. The van der Waals surface area contributed by atoms with E-state index >= 15 is 0 Å². The number of halogens is 2. The van der Waals surface area contributed by atoms with Crippen LogP contribution in [0.15, 0.2) is 35.7 Å². The number of carbonyl (C=O) groups is 1. The molecule has 0 saturated heterocycles. The van der Waals surface area contributed by atoms with Crippen LogP contribution >= 0.6 is 22.9 Å². The number of nitrogens with one attached hydrogen (secondary N) is 3. The summed E-state index contributed by atoms with van der Waals surface area (Å²) in [6, 6.07) is 7.61. The number of aromatic nitrogens is 3. The average molecular weight is 352 g/mol.